The van der Waals surface area contributed by atoms with Gasteiger partial charge in [0.2, 0.25) is 0 Å². The fraction of sp³-hybridized carbons (Fsp3) is 0.108. The molecule has 350 valence electrons. The maximum absolute atomic E-state index is 5.77. The third-order valence-electron chi connectivity index (χ3n) is 13.1. The molecule has 5 N–H and O–H groups in total. The van der Waals surface area contributed by atoms with E-state index in [1.807, 2.05) is 33.0 Å². The Labute approximate surface area is 417 Å². The van der Waals surface area contributed by atoms with E-state index in [4.69, 9.17) is 11.5 Å². The lowest BCUT2D eigenvalue weighted by atomic mass is 9.93. The van der Waals surface area contributed by atoms with Crippen LogP contribution < -0.4 is 16.8 Å². The van der Waals surface area contributed by atoms with Gasteiger partial charge < -0.3 is 21.4 Å². The summed E-state index contributed by atoms with van der Waals surface area (Å²) in [4.78, 5) is 4.07. The lowest BCUT2D eigenvalue weighted by Crippen LogP contribution is -2.04. The van der Waals surface area contributed by atoms with Crippen LogP contribution in [-0.2, 0) is 6.42 Å². The van der Waals surface area contributed by atoms with Gasteiger partial charge in [0, 0.05) is 41.3 Å². The van der Waals surface area contributed by atoms with Crippen LogP contribution in [0, 0.1) is 0 Å². The highest BCUT2D eigenvalue weighted by atomic mass is 32.3. The molecule has 0 saturated carbocycles. The summed E-state index contributed by atoms with van der Waals surface area (Å²) < 4.78 is 2.36. The molecule has 0 atom stereocenters. The van der Waals surface area contributed by atoms with Crippen LogP contribution in [0.1, 0.15) is 31.9 Å². The number of hydrogen-bond acceptors (Lipinski definition) is 3. The molecule has 9 aromatic carbocycles. The first-order valence-electron chi connectivity index (χ1n) is 24.1. The molecule has 0 bridgehead atoms. The summed E-state index contributed by atoms with van der Waals surface area (Å²) in [5, 5.41) is 5.94. The summed E-state index contributed by atoms with van der Waals surface area (Å²) >= 11 is 0. The minimum atomic E-state index is -1.33. The average molecular weight is 933 g/mol. The van der Waals surface area contributed by atoms with Crippen LogP contribution in [0.2, 0.25) is 0 Å². The number of rotatable bonds is 11. The van der Waals surface area contributed by atoms with Crippen LogP contribution in [0.4, 0.5) is 5.69 Å². The second kappa shape index (κ2) is 23.0. The molecule has 10 aromatic rings. The van der Waals surface area contributed by atoms with E-state index >= 15 is 0 Å². The molecule has 0 aliphatic carbocycles. The number of anilines is 1. The smallest absolute Gasteiger partial charge is 0.0541 e. The van der Waals surface area contributed by atoms with Gasteiger partial charge in [-0.15, -0.1) is 0 Å². The van der Waals surface area contributed by atoms with Crippen molar-refractivity contribution in [2.75, 3.05) is 25.2 Å². The van der Waals surface area contributed by atoms with E-state index in [2.05, 4.69) is 248 Å². The average Bonchev–Trinajstić information content (AvgIpc) is 3.78. The number of para-hydroxylation sites is 2. The van der Waals surface area contributed by atoms with Gasteiger partial charge in [-0.3, -0.25) is 0 Å². The highest BCUT2D eigenvalue weighted by molar-refractivity contribution is 8.33. The summed E-state index contributed by atoms with van der Waals surface area (Å²) in [7, 11) is 0.664. The van der Waals surface area contributed by atoms with E-state index in [1.54, 1.807) is 6.20 Å². The van der Waals surface area contributed by atoms with Gasteiger partial charge in [0.05, 0.1) is 11.0 Å². The second-order valence-electron chi connectivity index (χ2n) is 17.2. The zero-order chi connectivity index (χ0) is 48.9. The number of benzene rings is 9. The van der Waals surface area contributed by atoms with Crippen LogP contribution in [0.5, 0.6) is 0 Å². The van der Waals surface area contributed by atoms with E-state index in [-0.39, 0.29) is 0 Å². The van der Waals surface area contributed by atoms with Crippen molar-refractivity contribution in [3.63, 3.8) is 0 Å². The molecule has 1 aromatic heterocycles. The van der Waals surface area contributed by atoms with E-state index in [0.29, 0.717) is 6.54 Å². The van der Waals surface area contributed by atoms with Gasteiger partial charge in [-0.05, 0) is 171 Å². The van der Waals surface area contributed by atoms with Crippen molar-refractivity contribution in [2.45, 2.75) is 41.9 Å². The molecule has 0 saturated heterocycles. The predicted molar refractivity (Wildman–Crippen MR) is 305 cm³/mol. The van der Waals surface area contributed by atoms with Gasteiger partial charge in [-0.25, -0.2) is 0 Å². The van der Waals surface area contributed by atoms with Gasteiger partial charge in [-0.2, -0.15) is 10.0 Å². The van der Waals surface area contributed by atoms with Crippen molar-refractivity contribution >= 4 is 43.1 Å². The molecule has 0 amide bonds. The number of aryl methyl sites for hydroxylation is 1. The number of nitrogens with two attached hydrogens (primary N) is 2. The monoisotopic (exact) mass is 932 g/mol. The second-order valence-corrected chi connectivity index (χ2v) is 20.4. The first kappa shape index (κ1) is 48.6. The maximum atomic E-state index is 5.77. The quantitative estimate of drug-likeness (QED) is 0.113. The van der Waals surface area contributed by atoms with Crippen LogP contribution in [0.3, 0.4) is 0 Å². The number of nitrogens with one attached hydrogen (secondary N) is 1. The topological polar surface area (TPSA) is 69.0 Å². The third kappa shape index (κ3) is 10.3. The molecule has 0 aliphatic rings. The van der Waals surface area contributed by atoms with Crippen molar-refractivity contribution in [2.24, 2.45) is 11.5 Å². The zero-order valence-electron chi connectivity index (χ0n) is 41.0. The van der Waals surface area contributed by atoms with Crippen LogP contribution in [-0.4, -0.2) is 24.4 Å². The van der Waals surface area contributed by atoms with Crippen molar-refractivity contribution < 1.29 is 0 Å². The van der Waals surface area contributed by atoms with Crippen LogP contribution in [0.15, 0.2) is 257 Å². The number of fused-ring (bicyclic) bond motifs is 3. The minimum absolute atomic E-state index is 0.435. The fourth-order valence-corrected chi connectivity index (χ4v) is 12.0. The van der Waals surface area contributed by atoms with Crippen molar-refractivity contribution in [1.29, 1.82) is 0 Å². The number of aromatic nitrogens is 1. The van der Waals surface area contributed by atoms with Gasteiger partial charge in [0.15, 0.2) is 0 Å². The summed E-state index contributed by atoms with van der Waals surface area (Å²) in [5.74, 6) is 0. The number of hydrogen-bond donors (Lipinski definition) is 3. The van der Waals surface area contributed by atoms with Gasteiger partial charge in [0.1, 0.15) is 0 Å². The highest BCUT2D eigenvalue weighted by Crippen LogP contribution is 2.65. The first-order chi connectivity index (χ1) is 34.4. The Bertz CT molecular complexity index is 3290. The van der Waals surface area contributed by atoms with E-state index < -0.39 is 10.0 Å². The summed E-state index contributed by atoms with van der Waals surface area (Å²) in [6.45, 7) is 6.66. The Morgan fingerprint density at radius 1 is 0.514 bits per heavy atom. The van der Waals surface area contributed by atoms with E-state index in [9.17, 15) is 0 Å². The third-order valence-corrected chi connectivity index (χ3v) is 16.7. The Balaban J connectivity index is 0.000000176. The van der Waals surface area contributed by atoms with Crippen LogP contribution >= 0.6 is 10.0 Å². The SMILES string of the molecule is C/C=C\C.CCc1ccccc1-c1cc(-c2ccc3c(c2)c2ccccc2n3-c2ccccc2)ccc1NC.CS(c1ccccc1)(c1ccccc1)c1ccc(-c2ccc(/C(=C/N)CN)cc2)cc1. The molecule has 1 heterocycles. The predicted octanol–water partition coefficient (Wildman–Crippen LogP) is 16.8. The van der Waals surface area contributed by atoms with Crippen LogP contribution in [0.25, 0.3) is 66.4 Å². The molecule has 10 rings (SSSR count). The Kier molecular flexibility index (Phi) is 16.0. The van der Waals surface area contributed by atoms with E-state index in [1.165, 1.54) is 81.1 Å². The Morgan fingerprint density at radius 3 is 1.60 bits per heavy atom. The minimum Gasteiger partial charge on any atom is -0.404 e. The van der Waals surface area contributed by atoms with Crippen molar-refractivity contribution in [3.05, 3.63) is 254 Å². The molecular formula is C65H64N4S. The molecule has 0 spiro atoms. The van der Waals surface area contributed by atoms with Gasteiger partial charge >= 0.3 is 0 Å². The lowest BCUT2D eigenvalue weighted by Gasteiger charge is -2.37. The summed E-state index contributed by atoms with van der Waals surface area (Å²) in [5.41, 5.74) is 27.0. The molecule has 70 heavy (non-hydrogen) atoms. The summed E-state index contributed by atoms with van der Waals surface area (Å²) in [6, 6.07) is 80.8. The lowest BCUT2D eigenvalue weighted by molar-refractivity contribution is 1.14. The molecule has 5 heteroatoms. The molecule has 0 radical (unpaired) electrons. The maximum Gasteiger partial charge on any atom is 0.0541 e. The normalized spacial score (nSPS) is 11.7. The standard InChI is InChI=1S/C33H28N2.C28H28N2S.C4H8/c1-3-23-11-7-8-14-27(23)29-21-24(17-19-31(29)34-2)25-18-20-33-30(22-25)28-15-9-10-16-32(28)35(33)26-12-5-4-6-13-26;1-31(26-8-4-2-5-9-26,27-10-6-3-7-11-27)28-18-16-23(17-19-28)22-12-14-24(15-13-22)25(20-29)21-30;1-3-4-2/h4-22,34H,3H2,1-2H3;2-20H,21,29-30H2,1H3;3-4H,1-2H3/b;25-20+;4-3-. The molecule has 0 fully saturated rings. The Hall–Kier alpha value is -7.83. The highest BCUT2D eigenvalue weighted by Gasteiger charge is 2.25. The largest absolute Gasteiger partial charge is 0.404 e. The first-order valence-corrected chi connectivity index (χ1v) is 26.2. The van der Waals surface area contributed by atoms with Gasteiger partial charge in [0.25, 0.3) is 0 Å². The molecule has 0 unspecified atom stereocenters. The number of nitrogens with zero attached hydrogens (tertiary/aromatic N) is 1. The fourth-order valence-electron chi connectivity index (χ4n) is 9.14. The molecule has 0 aliphatic heterocycles. The Morgan fingerprint density at radius 2 is 1.01 bits per heavy atom. The molecular weight excluding hydrogens is 869 g/mol. The van der Waals surface area contributed by atoms with Gasteiger partial charge in [-0.1, -0.05) is 165 Å². The van der Waals surface area contributed by atoms with Crippen molar-refractivity contribution in [1.82, 2.24) is 4.57 Å². The van der Waals surface area contributed by atoms with E-state index in [0.717, 1.165) is 23.2 Å². The summed E-state index contributed by atoms with van der Waals surface area (Å²) in [6.07, 6.45) is 8.98. The number of allylic oxidation sites excluding steroid dienone is 2. The zero-order valence-corrected chi connectivity index (χ0v) is 41.8. The molecule has 4 nitrogen and oxygen atoms in total. The van der Waals surface area contributed by atoms with Crippen molar-refractivity contribution in [3.8, 4) is 39.1 Å².